The Morgan fingerprint density at radius 3 is 2.62 bits per heavy atom. The molecule has 0 saturated heterocycles. The van der Waals surface area contributed by atoms with Crippen LogP contribution in [-0.4, -0.2) is 50.3 Å². The van der Waals surface area contributed by atoms with Crippen LogP contribution in [0.2, 0.25) is 0 Å². The standard InChI is InChI=1S/C28H31N5O5S/c1-18(2)19-7-5-8-22(15-19)39(35,36)33-17-21(12-14-27-30-31-28(34)38-27)37-25-13-11-20(16-24(25)33)23-9-6-10-26(29-23)32(3)4/h5-11,13,15-16,18,21H,12,14,17H2,1-4H3,(H,31,34)/t21-/m0/s1. The molecule has 5 rings (SSSR count). The van der Waals surface area contributed by atoms with Crippen LogP contribution < -0.4 is 19.7 Å². The number of H-pyrrole nitrogens is 1. The Balaban J connectivity index is 1.55. The monoisotopic (exact) mass is 549 g/mol. The van der Waals surface area contributed by atoms with E-state index >= 15 is 0 Å². The van der Waals surface area contributed by atoms with Gasteiger partial charge in [0, 0.05) is 26.1 Å². The van der Waals surface area contributed by atoms with Crippen LogP contribution in [0.25, 0.3) is 11.3 Å². The third-order valence-corrected chi connectivity index (χ3v) is 8.43. The highest BCUT2D eigenvalue weighted by molar-refractivity contribution is 7.92. The third-order valence-electron chi connectivity index (χ3n) is 6.65. The van der Waals surface area contributed by atoms with Gasteiger partial charge in [-0.1, -0.05) is 32.0 Å². The Labute approximate surface area is 227 Å². The van der Waals surface area contributed by atoms with Crippen LogP contribution in [0.4, 0.5) is 11.5 Å². The molecule has 0 spiro atoms. The van der Waals surface area contributed by atoms with Gasteiger partial charge in [0.15, 0.2) is 0 Å². The van der Waals surface area contributed by atoms with Crippen LogP contribution in [0.1, 0.15) is 37.6 Å². The number of hydrogen-bond donors (Lipinski definition) is 1. The summed E-state index contributed by atoms with van der Waals surface area (Å²) in [7, 11) is -0.0996. The summed E-state index contributed by atoms with van der Waals surface area (Å²) in [5.41, 5.74) is 2.88. The number of anilines is 2. The van der Waals surface area contributed by atoms with Crippen molar-refractivity contribution in [2.75, 3.05) is 29.8 Å². The summed E-state index contributed by atoms with van der Waals surface area (Å²) in [6, 6.07) is 18.2. The maximum atomic E-state index is 14.1. The van der Waals surface area contributed by atoms with Crippen molar-refractivity contribution in [3.8, 4) is 17.0 Å². The molecule has 204 valence electrons. The largest absolute Gasteiger partial charge is 0.486 e. The summed E-state index contributed by atoms with van der Waals surface area (Å²) in [4.78, 5) is 18.2. The van der Waals surface area contributed by atoms with Crippen molar-refractivity contribution in [3.63, 3.8) is 0 Å². The first-order valence-electron chi connectivity index (χ1n) is 12.7. The maximum Gasteiger partial charge on any atom is 0.434 e. The molecule has 0 amide bonds. The first-order valence-corrected chi connectivity index (χ1v) is 14.2. The maximum absolute atomic E-state index is 14.1. The first-order chi connectivity index (χ1) is 18.6. The van der Waals surface area contributed by atoms with Crippen LogP contribution in [0, 0.1) is 0 Å². The Morgan fingerprint density at radius 2 is 1.90 bits per heavy atom. The van der Waals surface area contributed by atoms with Crippen LogP contribution in [0.5, 0.6) is 5.75 Å². The molecule has 1 aliphatic heterocycles. The van der Waals surface area contributed by atoms with Gasteiger partial charge in [0.1, 0.15) is 17.7 Å². The summed E-state index contributed by atoms with van der Waals surface area (Å²) in [6.07, 6.45) is 0.234. The highest BCUT2D eigenvalue weighted by atomic mass is 32.2. The van der Waals surface area contributed by atoms with E-state index in [0.717, 1.165) is 22.6 Å². The van der Waals surface area contributed by atoms with Gasteiger partial charge >= 0.3 is 5.76 Å². The van der Waals surface area contributed by atoms with E-state index in [1.54, 1.807) is 24.3 Å². The zero-order valence-corrected chi connectivity index (χ0v) is 23.1. The van der Waals surface area contributed by atoms with Gasteiger partial charge in [-0.15, -0.1) is 5.10 Å². The Morgan fingerprint density at radius 1 is 1.10 bits per heavy atom. The molecule has 0 saturated carbocycles. The predicted molar refractivity (Wildman–Crippen MR) is 149 cm³/mol. The second kappa shape index (κ2) is 10.6. The zero-order chi connectivity index (χ0) is 27.7. The van der Waals surface area contributed by atoms with Gasteiger partial charge in [-0.3, -0.25) is 4.31 Å². The van der Waals surface area contributed by atoms with E-state index in [2.05, 4.69) is 10.2 Å². The fraction of sp³-hybridized carbons (Fsp3) is 0.321. The zero-order valence-electron chi connectivity index (χ0n) is 22.3. The number of aryl methyl sites for hydroxylation is 1. The van der Waals surface area contributed by atoms with Crippen molar-refractivity contribution in [1.29, 1.82) is 0 Å². The number of hydrogen-bond acceptors (Lipinski definition) is 8. The molecule has 1 atom stereocenters. The number of ether oxygens (including phenoxy) is 1. The lowest BCUT2D eigenvalue weighted by molar-refractivity contribution is 0.187. The topological polar surface area (TPSA) is 122 Å². The molecule has 0 unspecified atom stereocenters. The van der Waals surface area contributed by atoms with Gasteiger partial charge < -0.3 is 14.1 Å². The summed E-state index contributed by atoms with van der Waals surface area (Å²) in [5, 5.41) is 6.09. The molecule has 1 aliphatic rings. The minimum absolute atomic E-state index is 0.0878. The number of benzene rings is 2. The van der Waals surface area contributed by atoms with Crippen molar-refractivity contribution in [1.82, 2.24) is 15.2 Å². The lowest BCUT2D eigenvalue weighted by Crippen LogP contribution is -2.43. The third kappa shape index (κ3) is 5.53. The van der Waals surface area contributed by atoms with Gasteiger partial charge in [0.05, 0.1) is 22.8 Å². The number of aromatic nitrogens is 3. The van der Waals surface area contributed by atoms with E-state index in [1.165, 1.54) is 4.31 Å². The van der Waals surface area contributed by atoms with Crippen molar-refractivity contribution in [3.05, 3.63) is 82.7 Å². The normalized spacial score (nSPS) is 15.2. The molecule has 10 nitrogen and oxygen atoms in total. The predicted octanol–water partition coefficient (Wildman–Crippen LogP) is 4.20. The van der Waals surface area contributed by atoms with E-state index < -0.39 is 21.9 Å². The average Bonchev–Trinajstić information content (AvgIpc) is 3.36. The molecular weight excluding hydrogens is 518 g/mol. The summed E-state index contributed by atoms with van der Waals surface area (Å²) < 4.78 is 40.9. The van der Waals surface area contributed by atoms with Crippen LogP contribution in [0.3, 0.4) is 0 Å². The van der Waals surface area contributed by atoms with Crippen molar-refractivity contribution >= 4 is 21.5 Å². The smallest absolute Gasteiger partial charge is 0.434 e. The molecule has 11 heteroatoms. The van der Waals surface area contributed by atoms with E-state index in [4.69, 9.17) is 14.1 Å². The molecule has 2 aromatic carbocycles. The quantitative estimate of drug-likeness (QED) is 0.347. The molecule has 2 aromatic heterocycles. The van der Waals surface area contributed by atoms with Crippen LogP contribution in [0.15, 0.2) is 74.8 Å². The molecule has 0 radical (unpaired) electrons. The number of rotatable bonds is 8. The Bertz CT molecular complexity index is 1640. The number of sulfonamides is 1. The van der Waals surface area contributed by atoms with Crippen molar-refractivity contribution < 1.29 is 17.6 Å². The molecule has 3 heterocycles. The highest BCUT2D eigenvalue weighted by Crippen LogP contribution is 2.40. The number of nitrogens with zero attached hydrogens (tertiary/aromatic N) is 4. The number of pyridine rings is 1. The van der Waals surface area contributed by atoms with E-state index in [9.17, 15) is 13.2 Å². The van der Waals surface area contributed by atoms with E-state index in [-0.39, 0.29) is 23.2 Å². The highest BCUT2D eigenvalue weighted by Gasteiger charge is 2.35. The SMILES string of the molecule is CC(C)c1cccc(S(=O)(=O)N2C[C@H](CCc3n[nH]c(=O)o3)Oc3ccc(-c4cccc(N(C)C)n4)cc32)c1. The minimum Gasteiger partial charge on any atom is -0.486 e. The molecule has 39 heavy (non-hydrogen) atoms. The van der Waals surface area contributed by atoms with Gasteiger partial charge in [-0.05, 0) is 60.4 Å². The molecule has 0 aliphatic carbocycles. The molecule has 0 fully saturated rings. The lowest BCUT2D eigenvalue weighted by Gasteiger charge is -2.36. The van der Waals surface area contributed by atoms with E-state index in [0.29, 0.717) is 24.3 Å². The molecule has 0 bridgehead atoms. The van der Waals surface area contributed by atoms with Gasteiger partial charge in [0.2, 0.25) is 5.89 Å². The Kier molecular flexibility index (Phi) is 7.17. The fourth-order valence-electron chi connectivity index (χ4n) is 4.50. The van der Waals surface area contributed by atoms with Gasteiger partial charge in [0.25, 0.3) is 10.0 Å². The average molecular weight is 550 g/mol. The van der Waals surface area contributed by atoms with E-state index in [1.807, 2.05) is 69.2 Å². The number of fused-ring (bicyclic) bond motifs is 1. The van der Waals surface area contributed by atoms with Gasteiger partial charge in [-0.2, -0.15) is 0 Å². The van der Waals surface area contributed by atoms with Crippen LogP contribution in [-0.2, 0) is 16.4 Å². The number of aromatic amines is 1. The molecule has 4 aromatic rings. The van der Waals surface area contributed by atoms with Crippen LogP contribution >= 0.6 is 0 Å². The second-order valence-corrected chi connectivity index (χ2v) is 11.9. The second-order valence-electron chi connectivity index (χ2n) is 10.0. The summed E-state index contributed by atoms with van der Waals surface area (Å²) in [5.74, 6) is 1.03. The van der Waals surface area contributed by atoms with Crippen molar-refractivity contribution in [2.24, 2.45) is 0 Å². The minimum atomic E-state index is -3.93. The summed E-state index contributed by atoms with van der Waals surface area (Å²) in [6.45, 7) is 4.14. The van der Waals surface area contributed by atoms with Gasteiger partial charge in [-0.25, -0.2) is 23.3 Å². The first kappa shape index (κ1) is 26.5. The lowest BCUT2D eigenvalue weighted by atomic mass is 10.0. The molecule has 1 N–H and O–H groups in total. The molecular formula is C28H31N5O5S. The fourth-order valence-corrected chi connectivity index (χ4v) is 6.05. The number of nitrogens with one attached hydrogen (secondary N) is 1. The Hall–Kier alpha value is -4.12. The van der Waals surface area contributed by atoms with Crippen molar-refractivity contribution in [2.45, 2.75) is 43.6 Å². The summed E-state index contributed by atoms with van der Waals surface area (Å²) >= 11 is 0.